The Morgan fingerprint density at radius 3 is 2.59 bits per heavy atom. The van der Waals surface area contributed by atoms with Gasteiger partial charge in [0.25, 0.3) is 10.7 Å². The highest BCUT2D eigenvalue weighted by Crippen LogP contribution is 2.51. The second kappa shape index (κ2) is 22.5. The number of halogens is 1. The van der Waals surface area contributed by atoms with Gasteiger partial charge in [-0.15, -0.1) is 25.5 Å². The van der Waals surface area contributed by atoms with Crippen LogP contribution in [0.3, 0.4) is 0 Å². The molecule has 10 rings (SSSR count). The van der Waals surface area contributed by atoms with Crippen LogP contribution in [0.2, 0.25) is 5.02 Å². The van der Waals surface area contributed by atoms with Crippen LogP contribution < -0.4 is 19.8 Å². The molecule has 0 saturated carbocycles. The van der Waals surface area contributed by atoms with Crippen molar-refractivity contribution in [3.63, 3.8) is 0 Å². The molecule has 3 N–H and O–H groups in total. The molecule has 2 saturated heterocycles. The average Bonchev–Trinajstić information content (AvgIpc) is 3.61. The van der Waals surface area contributed by atoms with Crippen LogP contribution >= 0.6 is 81.9 Å². The lowest BCUT2D eigenvalue weighted by atomic mass is 10.0. The Morgan fingerprint density at radius 1 is 0.914 bits per heavy atom. The summed E-state index contributed by atoms with van der Waals surface area (Å²) in [6.45, 7) is 5.38. The number of fused-ring (bicyclic) bond motifs is 4. The fourth-order valence-electron chi connectivity index (χ4n) is 9.72. The number of hydrogen-bond acceptors (Lipinski definition) is 18. The van der Waals surface area contributed by atoms with E-state index in [1.807, 2.05) is 31.3 Å². The van der Waals surface area contributed by atoms with Crippen molar-refractivity contribution in [2.45, 2.75) is 97.7 Å². The molecule has 1 spiro atoms. The minimum atomic E-state index is -0.292. The van der Waals surface area contributed by atoms with Gasteiger partial charge in [0.05, 0.1) is 56.3 Å². The number of thiazole rings is 2. The van der Waals surface area contributed by atoms with Gasteiger partial charge in [-0.1, -0.05) is 75.1 Å². The number of aromatic nitrogens is 2. The Bertz CT molecular complexity index is 2940. The molecule has 0 aliphatic carbocycles. The minimum absolute atomic E-state index is 0.0246. The van der Waals surface area contributed by atoms with Gasteiger partial charge in [-0.25, -0.2) is 24.8 Å². The number of hydroxylamine groups is 1. The highest BCUT2D eigenvalue weighted by atomic mass is 35.5. The lowest BCUT2D eigenvalue weighted by Gasteiger charge is -2.37. The fourth-order valence-corrected chi connectivity index (χ4v) is 14.9. The van der Waals surface area contributed by atoms with Gasteiger partial charge in [0.2, 0.25) is 5.52 Å². The Balaban J connectivity index is 0.695. The third kappa shape index (κ3) is 10.7. The Labute approximate surface area is 436 Å². The van der Waals surface area contributed by atoms with Crippen molar-refractivity contribution in [2.24, 2.45) is 0 Å². The Kier molecular flexibility index (Phi) is 16.1. The number of amides is 1. The first-order chi connectivity index (χ1) is 34.2. The lowest BCUT2D eigenvalue weighted by Crippen LogP contribution is -2.65. The largest absolute Gasteiger partial charge is 0.338 e. The molecule has 3 atom stereocenters. The molecular formula is C49H53ClN6O8S6+2. The summed E-state index contributed by atoms with van der Waals surface area (Å²) in [5.41, 5.74) is 9.86. The smallest absolute Gasteiger partial charge is 0.303 e. The van der Waals surface area contributed by atoms with Crippen LogP contribution in [0, 0.1) is 6.92 Å². The van der Waals surface area contributed by atoms with Crippen molar-refractivity contribution in [3.8, 4) is 0 Å². The number of quaternary nitrogens is 1. The summed E-state index contributed by atoms with van der Waals surface area (Å²) in [7, 11) is 2.04. The lowest BCUT2D eigenvalue weighted by molar-refractivity contribution is -0.766. The molecule has 21 heteroatoms. The van der Waals surface area contributed by atoms with Crippen LogP contribution in [0.1, 0.15) is 72.5 Å². The van der Waals surface area contributed by atoms with Crippen LogP contribution in [-0.4, -0.2) is 70.6 Å². The normalized spacial score (nSPS) is 21.5. The first-order valence-corrected chi connectivity index (χ1v) is 28.6. The SMILES string of the molecule is Cc1ccc2c(c1)N(CCCSOOO)C(=Cc1sc3ccc(Cl)cc3[n+]1CCCCCC1ONC13C[N+]3(C=O)CCCCCc1ccc3sc(C=C4Sc5ccc(SOOO)cc5N4C)nc3c1)S2. The first kappa shape index (κ1) is 50.3. The second-order valence-corrected chi connectivity index (χ2v) is 24.1. The quantitative estimate of drug-likeness (QED) is 0.00774. The number of carbonyl (C=O) groups excluding carboxylic acids is 1. The van der Waals surface area contributed by atoms with E-state index in [2.05, 4.69) is 106 Å². The molecule has 70 heavy (non-hydrogen) atoms. The van der Waals surface area contributed by atoms with Gasteiger partial charge < -0.3 is 9.80 Å². The number of nitrogens with one attached hydrogen (secondary N) is 1. The zero-order valence-corrected chi connectivity index (χ0v) is 44.2. The van der Waals surface area contributed by atoms with Crippen LogP contribution in [0.4, 0.5) is 11.4 Å². The van der Waals surface area contributed by atoms with E-state index in [4.69, 9.17) is 31.9 Å². The van der Waals surface area contributed by atoms with Crippen molar-refractivity contribution < 1.29 is 47.9 Å². The molecule has 2 aromatic heterocycles. The zero-order valence-electron chi connectivity index (χ0n) is 38.5. The topological polar surface area (TPSA) is 139 Å². The van der Waals surface area contributed by atoms with Gasteiger partial charge in [-0.05, 0) is 118 Å². The summed E-state index contributed by atoms with van der Waals surface area (Å²) >= 11 is 15.6. The van der Waals surface area contributed by atoms with Gasteiger partial charge in [0, 0.05) is 69.7 Å². The molecule has 2 fully saturated rings. The monoisotopic (exact) mass is 1080 g/mol. The Hall–Kier alpha value is -3.26. The summed E-state index contributed by atoms with van der Waals surface area (Å²) in [6.07, 6.45) is 14.5. The van der Waals surface area contributed by atoms with Crippen molar-refractivity contribution >= 4 is 132 Å². The van der Waals surface area contributed by atoms with Crippen molar-refractivity contribution in [3.05, 3.63) is 109 Å². The molecule has 1 amide bonds. The van der Waals surface area contributed by atoms with Crippen LogP contribution in [0.15, 0.2) is 97.5 Å². The number of thioether (sulfide) groups is 2. The maximum Gasteiger partial charge on any atom is 0.303 e. The number of aryl methyl sites for hydroxylation is 3. The van der Waals surface area contributed by atoms with E-state index in [-0.39, 0.29) is 11.8 Å². The molecule has 0 radical (unpaired) electrons. The minimum Gasteiger partial charge on any atom is -0.338 e. The van der Waals surface area contributed by atoms with Gasteiger partial charge in [0.15, 0.2) is 19.2 Å². The predicted octanol–water partition coefficient (Wildman–Crippen LogP) is 12.7. The van der Waals surface area contributed by atoms with E-state index < -0.39 is 0 Å². The number of unbranched alkanes of at least 4 members (excludes halogenated alkanes) is 4. The number of carbonyl (C=O) groups is 1. The Morgan fingerprint density at radius 2 is 1.74 bits per heavy atom. The molecule has 14 nitrogen and oxygen atoms in total. The maximum absolute atomic E-state index is 12.7. The molecule has 3 unspecified atom stereocenters. The van der Waals surface area contributed by atoms with Crippen molar-refractivity contribution in [2.75, 3.05) is 42.2 Å². The molecule has 6 aromatic rings. The summed E-state index contributed by atoms with van der Waals surface area (Å²) in [5.74, 6) is 0.672. The van der Waals surface area contributed by atoms with Crippen LogP contribution in [0.25, 0.3) is 32.6 Å². The highest BCUT2D eigenvalue weighted by Gasteiger charge is 2.79. The maximum atomic E-state index is 12.7. The van der Waals surface area contributed by atoms with Crippen molar-refractivity contribution in [1.29, 1.82) is 0 Å². The van der Waals surface area contributed by atoms with E-state index in [1.165, 1.54) is 36.4 Å². The molecule has 4 aliphatic rings. The van der Waals surface area contributed by atoms with E-state index in [0.717, 1.165) is 161 Å². The van der Waals surface area contributed by atoms with E-state index in [1.54, 1.807) is 46.2 Å². The summed E-state index contributed by atoms with van der Waals surface area (Å²) in [6, 6.07) is 25.3. The standard InChI is InChI=1S/C49H51ClN6O8S6/c1-32-12-16-42-38(24-32)55(21-9-23-65-63-61-58)48(68-42)29-47-54(39-26-34(50)14-18-43(39)69-47)20-7-3-6-11-44-49(52-60-44)30-56(49,31-57)22-8-4-5-10-33-13-17-40-36(25-33)51-45(66-40)28-46-53(2)37-27-35(70-64-62-59)15-19-41(37)67-46/h12-19,24-29,31,44,52H,3-11,20-23,30H2,1-2H3/p+2. The van der Waals surface area contributed by atoms with Crippen LogP contribution in [-0.2, 0) is 41.3 Å². The third-order valence-corrected chi connectivity index (χ3v) is 19.2. The van der Waals surface area contributed by atoms with E-state index in [0.29, 0.717) is 10.2 Å². The molecule has 0 bridgehead atoms. The zero-order chi connectivity index (χ0) is 48.2. The molecular weight excluding hydrogens is 1030 g/mol. The summed E-state index contributed by atoms with van der Waals surface area (Å²) < 4.78 is 14.4. The number of rotatable bonds is 24. The second-order valence-electron chi connectivity index (χ2n) is 17.9. The van der Waals surface area contributed by atoms with Gasteiger partial charge in [-0.2, -0.15) is 4.57 Å². The average molecular weight is 1080 g/mol. The third-order valence-electron chi connectivity index (χ3n) is 13.4. The summed E-state index contributed by atoms with van der Waals surface area (Å²) in [5, 5.41) is 29.7. The first-order valence-electron chi connectivity index (χ1n) is 23.3. The van der Waals surface area contributed by atoms with Gasteiger partial charge >= 0.3 is 6.41 Å². The van der Waals surface area contributed by atoms with Crippen LogP contribution in [0.5, 0.6) is 0 Å². The van der Waals surface area contributed by atoms with E-state index >= 15 is 0 Å². The molecule has 4 aliphatic heterocycles. The number of anilines is 2. The van der Waals surface area contributed by atoms with Gasteiger partial charge in [-0.3, -0.25) is 4.84 Å². The van der Waals surface area contributed by atoms with Gasteiger partial charge in [0.1, 0.15) is 9.71 Å². The van der Waals surface area contributed by atoms with Crippen molar-refractivity contribution in [1.82, 2.24) is 10.5 Å². The molecule has 4 aromatic carbocycles. The number of nitrogens with zero attached hydrogens (tertiary/aromatic N) is 5. The molecule has 6 heterocycles. The summed E-state index contributed by atoms with van der Waals surface area (Å²) in [4.78, 5) is 31.3. The number of hydrogen-bond donors (Lipinski definition) is 3. The predicted molar refractivity (Wildman–Crippen MR) is 283 cm³/mol. The number of benzene rings is 4. The van der Waals surface area contributed by atoms with E-state index in [9.17, 15) is 4.79 Å². The fraction of sp³-hybridized carbons (Fsp3) is 0.367. The highest BCUT2D eigenvalue weighted by molar-refractivity contribution is 8.04. The molecule has 368 valence electrons.